The van der Waals surface area contributed by atoms with Crippen molar-refractivity contribution in [3.8, 4) is 11.3 Å². The third-order valence-electron chi connectivity index (χ3n) is 5.18. The van der Waals surface area contributed by atoms with Crippen molar-refractivity contribution in [3.63, 3.8) is 0 Å². The molecule has 3 N–H and O–H groups in total. The van der Waals surface area contributed by atoms with Gasteiger partial charge in [0, 0.05) is 12.0 Å². The number of thiophene rings is 1. The van der Waals surface area contributed by atoms with Gasteiger partial charge in [-0.05, 0) is 29.8 Å². The monoisotopic (exact) mass is 400 g/mol. The van der Waals surface area contributed by atoms with Crippen molar-refractivity contribution in [2.75, 3.05) is 18.9 Å². The third-order valence-corrected chi connectivity index (χ3v) is 6.68. The highest BCUT2D eigenvalue weighted by Crippen LogP contribution is 2.40. The average Bonchev–Trinajstić information content (AvgIpc) is 3.26. The van der Waals surface area contributed by atoms with E-state index in [9.17, 15) is 4.79 Å². The molecule has 27 heavy (non-hydrogen) atoms. The van der Waals surface area contributed by atoms with E-state index in [4.69, 9.17) is 16.0 Å². The van der Waals surface area contributed by atoms with Gasteiger partial charge in [-0.25, -0.2) is 0 Å². The molecule has 4 heterocycles. The summed E-state index contributed by atoms with van der Waals surface area (Å²) in [7, 11) is 2.19. The summed E-state index contributed by atoms with van der Waals surface area (Å²) >= 11 is 7.96. The van der Waals surface area contributed by atoms with Gasteiger partial charge in [-0.3, -0.25) is 4.79 Å². The number of halogens is 1. The Bertz CT molecular complexity index is 1040. The SMILES string of the molecule is C[NH+]1CCc2c(sc3c2C(=O)NC(c2ccc(-c4ccccc4Cl)o2)N3)C1. The Labute approximate surface area is 165 Å². The molecule has 1 aromatic carbocycles. The number of quaternary nitrogens is 1. The zero-order valence-corrected chi connectivity index (χ0v) is 16.3. The summed E-state index contributed by atoms with van der Waals surface area (Å²) in [4.78, 5) is 15.6. The van der Waals surface area contributed by atoms with Crippen LogP contribution in [0.25, 0.3) is 11.3 Å². The normalized spacial score (nSPS) is 21.2. The second-order valence-electron chi connectivity index (χ2n) is 7.07. The van der Waals surface area contributed by atoms with Crippen molar-refractivity contribution in [2.45, 2.75) is 19.1 Å². The van der Waals surface area contributed by atoms with Crippen LogP contribution in [0.2, 0.25) is 5.02 Å². The predicted octanol–water partition coefficient (Wildman–Crippen LogP) is 3.09. The Kier molecular flexibility index (Phi) is 4.00. The average molecular weight is 401 g/mol. The Hall–Kier alpha value is -2.28. The summed E-state index contributed by atoms with van der Waals surface area (Å²) in [6.07, 6.45) is 0.566. The Balaban J connectivity index is 1.46. The number of carbonyl (C=O) groups is 1. The van der Waals surface area contributed by atoms with E-state index in [1.165, 1.54) is 15.3 Å². The fraction of sp³-hybridized carbons (Fsp3) is 0.250. The largest absolute Gasteiger partial charge is 0.457 e. The molecule has 0 aliphatic carbocycles. The minimum atomic E-state index is -0.383. The van der Waals surface area contributed by atoms with Gasteiger partial charge in [-0.2, -0.15) is 0 Å². The maximum atomic E-state index is 12.8. The molecule has 0 bridgehead atoms. The van der Waals surface area contributed by atoms with Gasteiger partial charge in [0.2, 0.25) is 0 Å². The van der Waals surface area contributed by atoms with E-state index in [2.05, 4.69) is 17.7 Å². The summed E-state index contributed by atoms with van der Waals surface area (Å²) in [5.74, 6) is 1.33. The van der Waals surface area contributed by atoms with Crippen LogP contribution in [0.3, 0.4) is 0 Å². The maximum Gasteiger partial charge on any atom is 0.256 e. The van der Waals surface area contributed by atoms with Crippen LogP contribution in [0.15, 0.2) is 40.8 Å². The van der Waals surface area contributed by atoms with Gasteiger partial charge in [0.1, 0.15) is 23.1 Å². The summed E-state index contributed by atoms with van der Waals surface area (Å²) in [5.41, 5.74) is 2.86. The van der Waals surface area contributed by atoms with E-state index >= 15 is 0 Å². The molecule has 5 nitrogen and oxygen atoms in total. The quantitative estimate of drug-likeness (QED) is 0.619. The van der Waals surface area contributed by atoms with E-state index in [0.29, 0.717) is 16.5 Å². The van der Waals surface area contributed by atoms with Crippen LogP contribution < -0.4 is 15.5 Å². The van der Waals surface area contributed by atoms with Crippen LogP contribution in [0, 0.1) is 0 Å². The van der Waals surface area contributed by atoms with Crippen molar-refractivity contribution in [1.29, 1.82) is 0 Å². The number of likely N-dealkylation sites (N-methyl/N-ethyl adjacent to an activating group) is 1. The van der Waals surface area contributed by atoms with Gasteiger partial charge >= 0.3 is 0 Å². The fourth-order valence-corrected chi connectivity index (χ4v) is 5.40. The molecular weight excluding hydrogens is 382 g/mol. The van der Waals surface area contributed by atoms with Crippen LogP contribution in [0.1, 0.15) is 32.7 Å². The number of carbonyl (C=O) groups excluding carboxylic acids is 1. The van der Waals surface area contributed by atoms with Gasteiger partial charge in [-0.15, -0.1) is 11.3 Å². The molecule has 3 aromatic rings. The van der Waals surface area contributed by atoms with Gasteiger partial charge in [-0.1, -0.05) is 23.7 Å². The summed E-state index contributed by atoms with van der Waals surface area (Å²) in [5, 5.41) is 8.07. The molecule has 2 aliphatic rings. The van der Waals surface area contributed by atoms with Crippen LogP contribution >= 0.6 is 22.9 Å². The molecule has 2 aliphatic heterocycles. The molecule has 5 rings (SSSR count). The highest BCUT2D eigenvalue weighted by Gasteiger charge is 2.34. The van der Waals surface area contributed by atoms with E-state index in [1.54, 1.807) is 11.3 Å². The molecule has 138 valence electrons. The molecular formula is C20H19ClN3O2S+. The molecule has 0 fully saturated rings. The highest BCUT2D eigenvalue weighted by molar-refractivity contribution is 7.16. The molecule has 0 radical (unpaired) electrons. The molecule has 0 saturated heterocycles. The first kappa shape index (κ1) is 16.9. The lowest BCUT2D eigenvalue weighted by molar-refractivity contribution is -0.895. The third kappa shape index (κ3) is 2.84. The first-order chi connectivity index (χ1) is 13.1. The Morgan fingerprint density at radius 3 is 2.93 bits per heavy atom. The van der Waals surface area contributed by atoms with Crippen LogP contribution in [0.4, 0.5) is 5.00 Å². The topological polar surface area (TPSA) is 58.7 Å². The van der Waals surface area contributed by atoms with Gasteiger partial charge in [0.05, 0.1) is 29.1 Å². The maximum absolute atomic E-state index is 12.8. The first-order valence-corrected chi connectivity index (χ1v) is 10.2. The number of fused-ring (bicyclic) bond motifs is 3. The minimum Gasteiger partial charge on any atom is -0.457 e. The van der Waals surface area contributed by atoms with E-state index < -0.39 is 0 Å². The number of anilines is 1. The van der Waals surface area contributed by atoms with Crippen LogP contribution in [-0.2, 0) is 13.0 Å². The molecule has 0 spiro atoms. The number of rotatable bonds is 2. The van der Waals surface area contributed by atoms with E-state index in [1.807, 2.05) is 36.4 Å². The lowest BCUT2D eigenvalue weighted by atomic mass is 10.0. The second kappa shape index (κ2) is 6.41. The van der Waals surface area contributed by atoms with Crippen LogP contribution in [0.5, 0.6) is 0 Å². The van der Waals surface area contributed by atoms with E-state index in [-0.39, 0.29) is 12.1 Å². The number of hydrogen-bond donors (Lipinski definition) is 3. The number of furan rings is 1. The van der Waals surface area contributed by atoms with Gasteiger partial charge in [0.15, 0.2) is 6.17 Å². The number of benzene rings is 1. The number of amides is 1. The summed E-state index contributed by atoms with van der Waals surface area (Å²) in [6, 6.07) is 11.3. The highest BCUT2D eigenvalue weighted by atomic mass is 35.5. The Morgan fingerprint density at radius 1 is 1.22 bits per heavy atom. The fourth-order valence-electron chi connectivity index (χ4n) is 3.79. The zero-order chi connectivity index (χ0) is 18.5. The minimum absolute atomic E-state index is 0.0264. The lowest BCUT2D eigenvalue weighted by Crippen LogP contribution is -3.08. The number of hydrogen-bond acceptors (Lipinski definition) is 4. The zero-order valence-electron chi connectivity index (χ0n) is 14.8. The van der Waals surface area contributed by atoms with Crippen molar-refractivity contribution in [1.82, 2.24) is 5.32 Å². The first-order valence-electron chi connectivity index (χ1n) is 8.98. The van der Waals surface area contributed by atoms with Crippen LogP contribution in [-0.4, -0.2) is 19.5 Å². The molecule has 2 aromatic heterocycles. The van der Waals surface area contributed by atoms with E-state index in [0.717, 1.165) is 35.6 Å². The second-order valence-corrected chi connectivity index (χ2v) is 8.59. The van der Waals surface area contributed by atoms with Crippen molar-refractivity contribution in [2.24, 2.45) is 0 Å². The molecule has 0 saturated carbocycles. The van der Waals surface area contributed by atoms with Crippen molar-refractivity contribution < 1.29 is 14.1 Å². The molecule has 1 amide bonds. The summed E-state index contributed by atoms with van der Waals surface area (Å²) in [6.45, 7) is 2.04. The van der Waals surface area contributed by atoms with Gasteiger partial charge in [0.25, 0.3) is 5.91 Å². The smallest absolute Gasteiger partial charge is 0.256 e. The predicted molar refractivity (Wildman–Crippen MR) is 106 cm³/mol. The Morgan fingerprint density at radius 2 is 2.07 bits per heavy atom. The lowest BCUT2D eigenvalue weighted by Gasteiger charge is -2.25. The summed E-state index contributed by atoms with van der Waals surface area (Å²) < 4.78 is 6.01. The molecule has 2 atom stereocenters. The molecule has 2 unspecified atom stereocenters. The van der Waals surface area contributed by atoms with Crippen molar-refractivity contribution in [3.05, 3.63) is 63.2 Å². The van der Waals surface area contributed by atoms with Crippen molar-refractivity contribution >= 4 is 33.8 Å². The standard InChI is InChI=1S/C20H18ClN3O2S/c1-24-9-8-12-16(10-24)27-20-17(12)19(25)22-18(23-20)15-7-6-14(26-15)11-4-2-3-5-13(11)21/h2-7,18,23H,8-10H2,1H3,(H,22,25)/p+1. The van der Waals surface area contributed by atoms with Gasteiger partial charge < -0.3 is 20.0 Å². The number of nitrogens with one attached hydrogen (secondary N) is 3. The molecule has 7 heteroatoms.